The van der Waals surface area contributed by atoms with Crippen molar-refractivity contribution in [2.75, 3.05) is 20.4 Å². The summed E-state index contributed by atoms with van der Waals surface area (Å²) in [6.45, 7) is -0.110. The normalized spacial score (nSPS) is 12.9. The van der Waals surface area contributed by atoms with Crippen molar-refractivity contribution >= 4 is 20.1 Å². The van der Waals surface area contributed by atoms with Gasteiger partial charge in [0, 0.05) is 14.1 Å². The molecular formula is C10H15NO5S2. The molecule has 1 aromatic carbocycles. The maximum Gasteiger partial charge on any atom is 0.264 e. The van der Waals surface area contributed by atoms with Crippen molar-refractivity contribution in [3.63, 3.8) is 0 Å². The molecule has 18 heavy (non-hydrogen) atoms. The molecule has 0 spiro atoms. The second kappa shape index (κ2) is 5.35. The third kappa shape index (κ3) is 4.05. The van der Waals surface area contributed by atoms with Gasteiger partial charge in [-0.05, 0) is 17.7 Å². The lowest BCUT2D eigenvalue weighted by Gasteiger charge is -2.11. The molecule has 0 bridgehead atoms. The van der Waals surface area contributed by atoms with Gasteiger partial charge in [-0.2, -0.15) is 8.42 Å². The zero-order valence-electron chi connectivity index (χ0n) is 10.3. The Kier molecular flexibility index (Phi) is 4.49. The zero-order valence-corrected chi connectivity index (χ0v) is 12.0. The van der Waals surface area contributed by atoms with E-state index >= 15 is 0 Å². The van der Waals surface area contributed by atoms with E-state index in [2.05, 4.69) is 4.18 Å². The second-order valence-electron chi connectivity index (χ2n) is 3.90. The molecule has 0 aliphatic rings. The van der Waals surface area contributed by atoms with Gasteiger partial charge >= 0.3 is 0 Å². The first-order valence-electron chi connectivity index (χ1n) is 4.99. The van der Waals surface area contributed by atoms with E-state index < -0.39 is 20.1 Å². The highest BCUT2D eigenvalue weighted by molar-refractivity contribution is 7.89. The van der Waals surface area contributed by atoms with Crippen molar-refractivity contribution in [1.29, 1.82) is 0 Å². The Bertz CT molecular complexity index is 602. The Hall–Kier alpha value is -0.960. The molecule has 0 atom stereocenters. The van der Waals surface area contributed by atoms with Gasteiger partial charge in [-0.25, -0.2) is 12.7 Å². The highest BCUT2D eigenvalue weighted by atomic mass is 32.2. The highest BCUT2D eigenvalue weighted by Crippen LogP contribution is 2.14. The quantitative estimate of drug-likeness (QED) is 0.735. The fourth-order valence-electron chi connectivity index (χ4n) is 1.14. The standard InChI is InChI=1S/C10H15NO5S2/c1-11(2)18(14,15)10-6-4-9(5-7-10)8-16-17(3,12)13/h4-7H,8H2,1-3H3. The van der Waals surface area contributed by atoms with E-state index in [4.69, 9.17) is 0 Å². The maximum atomic E-state index is 11.8. The Morgan fingerprint density at radius 3 is 1.94 bits per heavy atom. The summed E-state index contributed by atoms with van der Waals surface area (Å²) in [5, 5.41) is 0. The molecule has 0 amide bonds. The fraction of sp³-hybridized carbons (Fsp3) is 0.400. The highest BCUT2D eigenvalue weighted by Gasteiger charge is 2.16. The van der Waals surface area contributed by atoms with E-state index in [1.54, 1.807) is 0 Å². The van der Waals surface area contributed by atoms with Crippen molar-refractivity contribution in [3.05, 3.63) is 29.8 Å². The van der Waals surface area contributed by atoms with Crippen LogP contribution in [0.25, 0.3) is 0 Å². The molecule has 102 valence electrons. The van der Waals surface area contributed by atoms with Crippen LogP contribution in [0.3, 0.4) is 0 Å². The molecular weight excluding hydrogens is 278 g/mol. The predicted octanol–water partition coefficient (Wildman–Crippen LogP) is 0.413. The number of benzene rings is 1. The van der Waals surface area contributed by atoms with Crippen molar-refractivity contribution in [2.24, 2.45) is 0 Å². The Morgan fingerprint density at radius 1 is 1.06 bits per heavy atom. The molecule has 1 rings (SSSR count). The zero-order chi connectivity index (χ0) is 14.0. The predicted molar refractivity (Wildman–Crippen MR) is 66.9 cm³/mol. The minimum absolute atomic E-state index is 0.110. The topological polar surface area (TPSA) is 80.8 Å². The summed E-state index contributed by atoms with van der Waals surface area (Å²) in [5.74, 6) is 0. The van der Waals surface area contributed by atoms with Crippen LogP contribution in [0, 0.1) is 0 Å². The summed E-state index contributed by atoms with van der Waals surface area (Å²) in [6, 6.07) is 5.86. The Morgan fingerprint density at radius 2 is 1.56 bits per heavy atom. The van der Waals surface area contributed by atoms with Crippen LogP contribution in [0.2, 0.25) is 0 Å². The third-order valence-corrected chi connectivity index (χ3v) is 4.52. The summed E-state index contributed by atoms with van der Waals surface area (Å²) in [5.41, 5.74) is 0.582. The van der Waals surface area contributed by atoms with Gasteiger partial charge in [0.05, 0.1) is 17.8 Å². The molecule has 0 N–H and O–H groups in total. The van der Waals surface area contributed by atoms with E-state index in [0.29, 0.717) is 5.56 Å². The van der Waals surface area contributed by atoms with Crippen LogP contribution in [0.1, 0.15) is 5.56 Å². The third-order valence-electron chi connectivity index (χ3n) is 2.14. The summed E-state index contributed by atoms with van der Waals surface area (Å²) < 4.78 is 50.8. The smallest absolute Gasteiger partial charge is 0.264 e. The molecule has 0 radical (unpaired) electrons. The van der Waals surface area contributed by atoms with Crippen LogP contribution in [-0.2, 0) is 30.9 Å². The van der Waals surface area contributed by atoms with Crippen molar-refractivity contribution < 1.29 is 21.0 Å². The molecule has 0 saturated carbocycles. The minimum atomic E-state index is -3.50. The SMILES string of the molecule is CN(C)S(=O)(=O)c1ccc(COS(C)(=O)=O)cc1. The fourth-order valence-corrected chi connectivity index (χ4v) is 2.40. The number of nitrogens with zero attached hydrogens (tertiary/aromatic N) is 1. The van der Waals surface area contributed by atoms with Gasteiger partial charge < -0.3 is 0 Å². The van der Waals surface area contributed by atoms with Crippen molar-refractivity contribution in [1.82, 2.24) is 4.31 Å². The lowest BCUT2D eigenvalue weighted by atomic mass is 10.2. The van der Waals surface area contributed by atoms with Gasteiger partial charge in [-0.1, -0.05) is 12.1 Å². The molecule has 0 aromatic heterocycles. The van der Waals surface area contributed by atoms with Gasteiger partial charge in [-0.3, -0.25) is 4.18 Å². The summed E-state index contributed by atoms with van der Waals surface area (Å²) in [6.07, 6.45) is 0.956. The lowest BCUT2D eigenvalue weighted by molar-refractivity contribution is 0.311. The first-order chi connectivity index (χ1) is 8.13. The summed E-state index contributed by atoms with van der Waals surface area (Å²) in [7, 11) is -4.08. The Labute approximate surface area is 107 Å². The molecule has 1 aromatic rings. The van der Waals surface area contributed by atoms with E-state index in [1.165, 1.54) is 38.4 Å². The van der Waals surface area contributed by atoms with Crippen LogP contribution < -0.4 is 0 Å². The number of hydrogen-bond donors (Lipinski definition) is 0. The average Bonchev–Trinajstić information content (AvgIpc) is 2.26. The van der Waals surface area contributed by atoms with E-state index in [9.17, 15) is 16.8 Å². The average molecular weight is 293 g/mol. The van der Waals surface area contributed by atoms with Gasteiger partial charge in [0.15, 0.2) is 0 Å². The lowest BCUT2D eigenvalue weighted by Crippen LogP contribution is -2.22. The number of sulfonamides is 1. The maximum absolute atomic E-state index is 11.8. The molecule has 6 nitrogen and oxygen atoms in total. The monoisotopic (exact) mass is 293 g/mol. The number of rotatable bonds is 5. The van der Waals surface area contributed by atoms with Gasteiger partial charge in [0.25, 0.3) is 10.1 Å². The molecule has 0 heterocycles. The molecule has 0 aliphatic heterocycles. The van der Waals surface area contributed by atoms with Gasteiger partial charge in [0.2, 0.25) is 10.0 Å². The summed E-state index contributed by atoms with van der Waals surface area (Å²) >= 11 is 0. The van der Waals surface area contributed by atoms with Gasteiger partial charge in [0.1, 0.15) is 0 Å². The van der Waals surface area contributed by atoms with E-state index in [-0.39, 0.29) is 11.5 Å². The summed E-state index contributed by atoms with van der Waals surface area (Å²) in [4.78, 5) is 0.149. The molecule has 0 unspecified atom stereocenters. The van der Waals surface area contributed by atoms with Crippen LogP contribution >= 0.6 is 0 Å². The van der Waals surface area contributed by atoms with Crippen LogP contribution in [0.15, 0.2) is 29.2 Å². The Balaban J connectivity index is 2.88. The molecule has 0 saturated heterocycles. The van der Waals surface area contributed by atoms with Crippen molar-refractivity contribution in [2.45, 2.75) is 11.5 Å². The van der Waals surface area contributed by atoms with E-state index in [1.807, 2.05) is 0 Å². The number of hydrogen-bond acceptors (Lipinski definition) is 5. The molecule has 8 heteroatoms. The largest absolute Gasteiger partial charge is 0.265 e. The first kappa shape index (κ1) is 15.1. The van der Waals surface area contributed by atoms with Crippen LogP contribution in [0.4, 0.5) is 0 Å². The van der Waals surface area contributed by atoms with Crippen LogP contribution in [0.5, 0.6) is 0 Å². The van der Waals surface area contributed by atoms with E-state index in [0.717, 1.165) is 10.6 Å². The molecule has 0 aliphatic carbocycles. The van der Waals surface area contributed by atoms with Gasteiger partial charge in [-0.15, -0.1) is 0 Å². The second-order valence-corrected chi connectivity index (χ2v) is 7.69. The molecule has 0 fully saturated rings. The van der Waals surface area contributed by atoms with Crippen LogP contribution in [-0.4, -0.2) is 41.5 Å². The first-order valence-corrected chi connectivity index (χ1v) is 8.24. The van der Waals surface area contributed by atoms with Crippen molar-refractivity contribution in [3.8, 4) is 0 Å². The minimum Gasteiger partial charge on any atom is -0.265 e.